The van der Waals surface area contributed by atoms with Crippen LogP contribution in [0.15, 0.2) is 29.6 Å². The average Bonchev–Trinajstić information content (AvgIpc) is 2.95. The van der Waals surface area contributed by atoms with Crippen molar-refractivity contribution in [1.29, 1.82) is 0 Å². The maximum Gasteiger partial charge on any atom is 0.0897 e. The second-order valence-corrected chi connectivity index (χ2v) is 6.00. The van der Waals surface area contributed by atoms with E-state index in [0.29, 0.717) is 6.04 Å². The number of fused-ring (bicyclic) bond motifs is 1. The number of nitrogens with zero attached hydrogens (tertiary/aromatic N) is 1. The molecular formula is C15H18N2S. The van der Waals surface area contributed by atoms with E-state index in [2.05, 4.69) is 46.9 Å². The van der Waals surface area contributed by atoms with E-state index in [9.17, 15) is 0 Å². The van der Waals surface area contributed by atoms with Crippen molar-refractivity contribution < 1.29 is 0 Å². The highest BCUT2D eigenvalue weighted by Gasteiger charge is 2.19. The Labute approximate surface area is 112 Å². The van der Waals surface area contributed by atoms with Crippen LogP contribution in [0, 0.1) is 6.92 Å². The number of hydrogen-bond acceptors (Lipinski definition) is 3. The van der Waals surface area contributed by atoms with Gasteiger partial charge in [0.2, 0.25) is 0 Å². The highest BCUT2D eigenvalue weighted by molar-refractivity contribution is 7.09. The number of nitrogens with one attached hydrogen (secondary N) is 1. The van der Waals surface area contributed by atoms with Crippen LogP contribution >= 0.6 is 11.3 Å². The van der Waals surface area contributed by atoms with Crippen molar-refractivity contribution in [2.45, 2.75) is 32.2 Å². The number of aryl methyl sites for hydroxylation is 1. The van der Waals surface area contributed by atoms with Gasteiger partial charge >= 0.3 is 0 Å². The van der Waals surface area contributed by atoms with E-state index in [4.69, 9.17) is 0 Å². The lowest BCUT2D eigenvalue weighted by molar-refractivity contribution is 0.534. The summed E-state index contributed by atoms with van der Waals surface area (Å²) in [5.74, 6) is 0. The second-order valence-electron chi connectivity index (χ2n) is 4.94. The summed E-state index contributed by atoms with van der Waals surface area (Å²) in [7, 11) is 0. The first-order valence-electron chi connectivity index (χ1n) is 6.52. The van der Waals surface area contributed by atoms with Crippen LogP contribution in [-0.2, 0) is 19.3 Å². The van der Waals surface area contributed by atoms with Gasteiger partial charge in [-0.3, -0.25) is 0 Å². The fourth-order valence-electron chi connectivity index (χ4n) is 2.63. The lowest BCUT2D eigenvalue weighted by Gasteiger charge is -2.10. The van der Waals surface area contributed by atoms with Crippen molar-refractivity contribution >= 4 is 11.3 Å². The van der Waals surface area contributed by atoms with Gasteiger partial charge in [-0.25, -0.2) is 4.98 Å². The topological polar surface area (TPSA) is 24.9 Å². The molecule has 0 saturated heterocycles. The molecule has 1 aliphatic rings. The molecule has 1 heterocycles. The zero-order valence-electron chi connectivity index (χ0n) is 10.6. The van der Waals surface area contributed by atoms with Gasteiger partial charge in [-0.2, -0.15) is 0 Å². The van der Waals surface area contributed by atoms with E-state index in [1.54, 1.807) is 11.3 Å². The summed E-state index contributed by atoms with van der Waals surface area (Å²) in [6.07, 6.45) is 3.38. The van der Waals surface area contributed by atoms with Crippen LogP contribution in [0.5, 0.6) is 0 Å². The van der Waals surface area contributed by atoms with Crippen molar-refractivity contribution in [3.05, 3.63) is 51.5 Å². The van der Waals surface area contributed by atoms with Crippen LogP contribution in [0.3, 0.4) is 0 Å². The van der Waals surface area contributed by atoms with Gasteiger partial charge in [0.25, 0.3) is 0 Å². The molecule has 0 spiro atoms. The summed E-state index contributed by atoms with van der Waals surface area (Å²) < 4.78 is 0. The molecule has 0 fully saturated rings. The minimum atomic E-state index is 0.613. The Morgan fingerprint density at radius 1 is 1.28 bits per heavy atom. The summed E-state index contributed by atoms with van der Waals surface area (Å²) in [4.78, 5) is 4.49. The second kappa shape index (κ2) is 5.21. The van der Waals surface area contributed by atoms with Gasteiger partial charge in [-0.05, 0) is 30.9 Å². The SMILES string of the molecule is Cc1nc(CCNC2Cc3ccccc3C2)cs1. The minimum absolute atomic E-state index is 0.613. The van der Waals surface area contributed by atoms with Crippen LogP contribution in [0.1, 0.15) is 21.8 Å². The molecule has 3 rings (SSSR count). The van der Waals surface area contributed by atoms with Crippen LogP contribution in [0.25, 0.3) is 0 Å². The standard InChI is InChI=1S/C15H18N2S/c1-11-17-14(10-18-11)6-7-16-15-8-12-4-2-3-5-13(12)9-15/h2-5,10,15-16H,6-9H2,1H3. The van der Waals surface area contributed by atoms with Crippen molar-refractivity contribution in [3.8, 4) is 0 Å². The van der Waals surface area contributed by atoms with Gasteiger partial charge in [0.1, 0.15) is 0 Å². The molecule has 2 nitrogen and oxygen atoms in total. The van der Waals surface area contributed by atoms with E-state index in [1.807, 2.05) is 0 Å². The first-order chi connectivity index (χ1) is 8.81. The number of thiazole rings is 1. The summed E-state index contributed by atoms with van der Waals surface area (Å²) in [6.45, 7) is 3.09. The predicted molar refractivity (Wildman–Crippen MR) is 76.2 cm³/mol. The zero-order chi connectivity index (χ0) is 12.4. The molecule has 2 aromatic rings. The Morgan fingerprint density at radius 3 is 2.61 bits per heavy atom. The maximum absolute atomic E-state index is 4.49. The summed E-state index contributed by atoms with van der Waals surface area (Å²) in [5.41, 5.74) is 4.25. The summed E-state index contributed by atoms with van der Waals surface area (Å²) in [5, 5.41) is 6.98. The first kappa shape index (κ1) is 11.9. The fraction of sp³-hybridized carbons (Fsp3) is 0.400. The van der Waals surface area contributed by atoms with Crippen LogP contribution in [0.4, 0.5) is 0 Å². The van der Waals surface area contributed by atoms with Gasteiger partial charge in [0.15, 0.2) is 0 Å². The van der Waals surface area contributed by atoms with Gasteiger partial charge < -0.3 is 5.32 Å². The molecule has 94 valence electrons. The maximum atomic E-state index is 4.49. The zero-order valence-corrected chi connectivity index (χ0v) is 11.5. The Kier molecular flexibility index (Phi) is 3.43. The number of aromatic nitrogens is 1. The van der Waals surface area contributed by atoms with Crippen LogP contribution < -0.4 is 5.32 Å². The van der Waals surface area contributed by atoms with E-state index in [-0.39, 0.29) is 0 Å². The number of rotatable bonds is 4. The third-order valence-corrected chi connectivity index (χ3v) is 4.35. The van der Waals surface area contributed by atoms with Crippen LogP contribution in [-0.4, -0.2) is 17.6 Å². The smallest absolute Gasteiger partial charge is 0.0897 e. The van der Waals surface area contributed by atoms with E-state index >= 15 is 0 Å². The molecule has 1 aliphatic carbocycles. The van der Waals surface area contributed by atoms with E-state index < -0.39 is 0 Å². The fourth-order valence-corrected chi connectivity index (χ4v) is 3.28. The quantitative estimate of drug-likeness (QED) is 0.912. The van der Waals surface area contributed by atoms with Crippen molar-refractivity contribution in [2.75, 3.05) is 6.54 Å². The third kappa shape index (κ3) is 2.62. The van der Waals surface area contributed by atoms with Gasteiger partial charge in [-0.15, -0.1) is 11.3 Å². The lowest BCUT2D eigenvalue weighted by Crippen LogP contribution is -2.31. The lowest BCUT2D eigenvalue weighted by atomic mass is 10.1. The summed E-state index contributed by atoms with van der Waals surface area (Å²) >= 11 is 1.74. The molecule has 0 saturated carbocycles. The number of benzene rings is 1. The molecule has 0 amide bonds. The molecule has 0 unspecified atom stereocenters. The molecule has 18 heavy (non-hydrogen) atoms. The van der Waals surface area contributed by atoms with Gasteiger partial charge in [0.05, 0.1) is 10.7 Å². The monoisotopic (exact) mass is 258 g/mol. The largest absolute Gasteiger partial charge is 0.313 e. The normalized spacial score (nSPS) is 14.9. The van der Waals surface area contributed by atoms with Crippen molar-refractivity contribution in [3.63, 3.8) is 0 Å². The Bertz CT molecular complexity index is 508. The molecule has 0 radical (unpaired) electrons. The molecule has 0 bridgehead atoms. The number of hydrogen-bond donors (Lipinski definition) is 1. The molecule has 1 aromatic carbocycles. The molecule has 0 atom stereocenters. The predicted octanol–water partition coefficient (Wildman–Crippen LogP) is 2.75. The highest BCUT2D eigenvalue weighted by Crippen LogP contribution is 2.21. The molecule has 3 heteroatoms. The van der Waals surface area contributed by atoms with Crippen molar-refractivity contribution in [1.82, 2.24) is 10.3 Å². The first-order valence-corrected chi connectivity index (χ1v) is 7.40. The molecule has 1 aromatic heterocycles. The third-order valence-electron chi connectivity index (χ3n) is 3.53. The molecule has 0 aliphatic heterocycles. The Hall–Kier alpha value is -1.19. The van der Waals surface area contributed by atoms with Gasteiger partial charge in [0, 0.05) is 24.4 Å². The Balaban J connectivity index is 1.48. The highest BCUT2D eigenvalue weighted by atomic mass is 32.1. The Morgan fingerprint density at radius 2 is 2.00 bits per heavy atom. The van der Waals surface area contributed by atoms with Crippen LogP contribution in [0.2, 0.25) is 0 Å². The van der Waals surface area contributed by atoms with E-state index in [1.165, 1.54) is 34.7 Å². The summed E-state index contributed by atoms with van der Waals surface area (Å²) in [6, 6.07) is 9.39. The van der Waals surface area contributed by atoms with E-state index in [0.717, 1.165) is 13.0 Å². The molecular weight excluding hydrogens is 240 g/mol. The minimum Gasteiger partial charge on any atom is -0.313 e. The van der Waals surface area contributed by atoms with Crippen molar-refractivity contribution in [2.24, 2.45) is 0 Å². The average molecular weight is 258 g/mol. The van der Waals surface area contributed by atoms with Gasteiger partial charge in [-0.1, -0.05) is 24.3 Å². The molecule has 1 N–H and O–H groups in total.